The van der Waals surface area contributed by atoms with E-state index in [0.717, 1.165) is 30.5 Å². The molecule has 0 aromatic carbocycles. The van der Waals surface area contributed by atoms with E-state index in [9.17, 15) is 9.18 Å². The molecule has 1 aliphatic heterocycles. The Hall–Kier alpha value is -2.58. The highest BCUT2D eigenvalue weighted by atomic mass is 19.1. The van der Waals surface area contributed by atoms with Crippen molar-refractivity contribution < 1.29 is 13.9 Å². The zero-order chi connectivity index (χ0) is 18.1. The van der Waals surface area contributed by atoms with Crippen molar-refractivity contribution in [1.29, 1.82) is 0 Å². The molecule has 2 radical (unpaired) electrons. The van der Waals surface area contributed by atoms with Crippen LogP contribution >= 0.6 is 0 Å². The van der Waals surface area contributed by atoms with Crippen LogP contribution in [-0.4, -0.2) is 59.2 Å². The number of ether oxygens (including phenoxy) is 1. The minimum absolute atomic E-state index is 0.0872. The maximum absolute atomic E-state index is 14.1. The van der Waals surface area contributed by atoms with E-state index in [0.29, 0.717) is 19.8 Å². The molecule has 8 heteroatoms. The first-order chi connectivity index (χ1) is 12.6. The van der Waals surface area contributed by atoms with Crippen molar-refractivity contribution in [3.05, 3.63) is 59.6 Å². The summed E-state index contributed by atoms with van der Waals surface area (Å²) >= 11 is 0. The van der Waals surface area contributed by atoms with Gasteiger partial charge in [-0.3, -0.25) is 19.1 Å². The summed E-state index contributed by atoms with van der Waals surface area (Å²) in [6, 6.07) is 6.83. The van der Waals surface area contributed by atoms with E-state index >= 15 is 0 Å². The normalized spacial score (nSPS) is 15.4. The molecule has 4 heterocycles. The van der Waals surface area contributed by atoms with Gasteiger partial charge in [-0.05, 0) is 23.8 Å². The molecule has 4 rings (SSSR count). The van der Waals surface area contributed by atoms with Crippen molar-refractivity contribution >= 4 is 24.7 Å². The van der Waals surface area contributed by atoms with Gasteiger partial charge in [0.25, 0.3) is 0 Å². The molecule has 0 amide bonds. The van der Waals surface area contributed by atoms with E-state index in [-0.39, 0.29) is 17.0 Å². The molecule has 0 spiro atoms. The summed E-state index contributed by atoms with van der Waals surface area (Å²) in [4.78, 5) is 23.3. The Kier molecular flexibility index (Phi) is 4.52. The summed E-state index contributed by atoms with van der Waals surface area (Å²) < 4.78 is 21.1. The van der Waals surface area contributed by atoms with Gasteiger partial charge in [0.2, 0.25) is 5.78 Å². The number of hydrogen-bond acceptors (Lipinski definition) is 5. The molecular formula is C18H16BFN4O2. The molecule has 0 bridgehead atoms. The van der Waals surface area contributed by atoms with E-state index in [1.54, 1.807) is 16.7 Å². The highest BCUT2D eigenvalue weighted by Gasteiger charge is 2.23. The quantitative estimate of drug-likeness (QED) is 0.513. The van der Waals surface area contributed by atoms with Gasteiger partial charge >= 0.3 is 0 Å². The predicted octanol–water partition coefficient (Wildman–Crippen LogP) is 0.725. The number of carbonyl (C=O) groups excluding carboxylic acids is 1. The maximum atomic E-state index is 14.1. The highest BCUT2D eigenvalue weighted by Crippen LogP contribution is 2.19. The standard InChI is InChI=1S/C18H16BFN4O2/c19-16-9-12(13(20)10-21-16)17(25)18-22-14(11-23-5-7-26-8-6-23)15-3-1-2-4-24(15)18/h1-4,9-10H,5-8,11H2. The summed E-state index contributed by atoms with van der Waals surface area (Å²) in [6.07, 6.45) is 2.70. The Morgan fingerprint density at radius 2 is 2.12 bits per heavy atom. The Labute approximate surface area is 151 Å². The van der Waals surface area contributed by atoms with Crippen molar-refractivity contribution in [1.82, 2.24) is 19.3 Å². The van der Waals surface area contributed by atoms with Gasteiger partial charge in [0.1, 0.15) is 7.85 Å². The highest BCUT2D eigenvalue weighted by molar-refractivity contribution is 6.31. The molecule has 1 aliphatic rings. The van der Waals surface area contributed by atoms with Crippen LogP contribution in [-0.2, 0) is 11.3 Å². The van der Waals surface area contributed by atoms with E-state index in [2.05, 4.69) is 14.9 Å². The molecule has 130 valence electrons. The second-order valence-corrected chi connectivity index (χ2v) is 6.14. The van der Waals surface area contributed by atoms with Gasteiger partial charge in [0.05, 0.1) is 36.2 Å². The van der Waals surface area contributed by atoms with E-state index in [1.807, 2.05) is 12.1 Å². The first-order valence-corrected chi connectivity index (χ1v) is 8.35. The number of imidazole rings is 1. The lowest BCUT2D eigenvalue weighted by Gasteiger charge is -2.25. The monoisotopic (exact) mass is 350 g/mol. The second-order valence-electron chi connectivity index (χ2n) is 6.14. The third-order valence-electron chi connectivity index (χ3n) is 4.43. The molecule has 1 saturated heterocycles. The molecule has 0 atom stereocenters. The summed E-state index contributed by atoms with van der Waals surface area (Å²) in [6.45, 7) is 3.58. The molecule has 0 saturated carbocycles. The van der Waals surface area contributed by atoms with Crippen LogP contribution in [0.2, 0.25) is 0 Å². The molecule has 26 heavy (non-hydrogen) atoms. The van der Waals surface area contributed by atoms with Crippen molar-refractivity contribution in [3.63, 3.8) is 0 Å². The lowest BCUT2D eigenvalue weighted by molar-refractivity contribution is 0.0338. The molecular weight excluding hydrogens is 334 g/mol. The number of pyridine rings is 2. The molecule has 3 aromatic rings. The second kappa shape index (κ2) is 6.97. The van der Waals surface area contributed by atoms with Crippen LogP contribution in [0.4, 0.5) is 4.39 Å². The third-order valence-corrected chi connectivity index (χ3v) is 4.43. The zero-order valence-corrected chi connectivity index (χ0v) is 14.1. The van der Waals surface area contributed by atoms with Crippen LogP contribution in [0.1, 0.15) is 21.9 Å². The Balaban J connectivity index is 1.75. The Morgan fingerprint density at radius 3 is 2.92 bits per heavy atom. The van der Waals surface area contributed by atoms with Gasteiger partial charge in [-0.25, -0.2) is 9.37 Å². The fraction of sp³-hybridized carbons (Fsp3) is 0.278. The van der Waals surface area contributed by atoms with Crippen LogP contribution in [0.15, 0.2) is 36.7 Å². The maximum Gasteiger partial charge on any atom is 0.231 e. The number of halogens is 1. The lowest BCUT2D eigenvalue weighted by Crippen LogP contribution is -2.35. The fourth-order valence-corrected chi connectivity index (χ4v) is 3.10. The van der Waals surface area contributed by atoms with Crippen LogP contribution in [0.25, 0.3) is 5.52 Å². The number of hydrogen-bond donors (Lipinski definition) is 0. The number of fused-ring (bicyclic) bond motifs is 1. The smallest absolute Gasteiger partial charge is 0.231 e. The lowest BCUT2D eigenvalue weighted by atomic mass is 10.00. The van der Waals surface area contributed by atoms with E-state index < -0.39 is 11.6 Å². The van der Waals surface area contributed by atoms with E-state index in [4.69, 9.17) is 12.6 Å². The number of nitrogens with zero attached hydrogens (tertiary/aromatic N) is 4. The number of rotatable bonds is 4. The van der Waals surface area contributed by atoms with Crippen molar-refractivity contribution in [3.8, 4) is 0 Å². The molecule has 1 fully saturated rings. The number of ketones is 1. The summed E-state index contributed by atoms with van der Waals surface area (Å²) in [5.41, 5.74) is 1.55. The predicted molar refractivity (Wildman–Crippen MR) is 94.3 cm³/mol. The minimum atomic E-state index is -0.716. The first kappa shape index (κ1) is 16.9. The molecule has 0 aliphatic carbocycles. The van der Waals surface area contributed by atoms with Gasteiger partial charge in [0, 0.05) is 25.8 Å². The van der Waals surface area contributed by atoms with Crippen molar-refractivity contribution in [2.45, 2.75) is 6.54 Å². The third kappa shape index (κ3) is 3.13. The largest absolute Gasteiger partial charge is 0.379 e. The summed E-state index contributed by atoms with van der Waals surface area (Å²) in [7, 11) is 5.61. The summed E-state index contributed by atoms with van der Waals surface area (Å²) in [5, 5.41) is 0. The summed E-state index contributed by atoms with van der Waals surface area (Å²) in [5.74, 6) is -1.08. The van der Waals surface area contributed by atoms with Crippen molar-refractivity contribution in [2.24, 2.45) is 0 Å². The molecule has 6 nitrogen and oxygen atoms in total. The number of morpholine rings is 1. The Morgan fingerprint density at radius 1 is 1.31 bits per heavy atom. The average Bonchev–Trinajstić information content (AvgIpc) is 3.03. The number of carbonyl (C=O) groups is 1. The van der Waals surface area contributed by atoms with Crippen LogP contribution in [0, 0.1) is 5.82 Å². The van der Waals surface area contributed by atoms with Crippen LogP contribution in [0.5, 0.6) is 0 Å². The van der Waals surface area contributed by atoms with Gasteiger partial charge in [-0.1, -0.05) is 6.07 Å². The fourth-order valence-electron chi connectivity index (χ4n) is 3.10. The van der Waals surface area contributed by atoms with Crippen LogP contribution < -0.4 is 5.59 Å². The topological polar surface area (TPSA) is 59.7 Å². The van der Waals surface area contributed by atoms with E-state index in [1.165, 1.54) is 6.07 Å². The van der Waals surface area contributed by atoms with Gasteiger partial charge < -0.3 is 4.74 Å². The SMILES string of the molecule is [B]c1cc(C(=O)c2nc(CN3CCOCC3)c3ccccn23)c(F)cn1. The minimum Gasteiger partial charge on any atom is -0.379 e. The van der Waals surface area contributed by atoms with Crippen molar-refractivity contribution in [2.75, 3.05) is 26.3 Å². The Bertz CT molecular complexity index is 969. The number of aromatic nitrogens is 3. The average molecular weight is 350 g/mol. The molecule has 3 aromatic heterocycles. The van der Waals surface area contributed by atoms with Gasteiger partial charge in [-0.15, -0.1) is 0 Å². The van der Waals surface area contributed by atoms with Gasteiger partial charge in [0.15, 0.2) is 11.6 Å². The first-order valence-electron chi connectivity index (χ1n) is 8.35. The molecule has 0 N–H and O–H groups in total. The van der Waals surface area contributed by atoms with Gasteiger partial charge in [-0.2, -0.15) is 0 Å². The van der Waals surface area contributed by atoms with Crippen LogP contribution in [0.3, 0.4) is 0 Å². The molecule has 0 unspecified atom stereocenters. The zero-order valence-electron chi connectivity index (χ0n) is 14.1.